The predicted octanol–water partition coefficient (Wildman–Crippen LogP) is 2.82. The second-order valence-electron chi connectivity index (χ2n) is 4.64. The van der Waals surface area contributed by atoms with Crippen molar-refractivity contribution in [1.29, 1.82) is 0 Å². The molecule has 0 heterocycles. The molecule has 1 atom stereocenters. The van der Waals surface area contributed by atoms with Crippen molar-refractivity contribution in [2.24, 2.45) is 11.7 Å². The van der Waals surface area contributed by atoms with Gasteiger partial charge in [0.25, 0.3) is 0 Å². The fourth-order valence-corrected chi connectivity index (χ4v) is 2.42. The SMILES string of the molecule is C=CCCC(=O)NC(CN)C1CCCCC1.Cl.Cl. The molecule has 1 saturated carbocycles. The first-order chi connectivity index (χ1) is 7.77. The molecule has 108 valence electrons. The summed E-state index contributed by atoms with van der Waals surface area (Å²) >= 11 is 0. The van der Waals surface area contributed by atoms with Gasteiger partial charge in [-0.05, 0) is 25.2 Å². The summed E-state index contributed by atoms with van der Waals surface area (Å²) < 4.78 is 0. The maximum atomic E-state index is 11.6. The third-order valence-corrected chi connectivity index (χ3v) is 3.39. The Morgan fingerprint density at radius 1 is 1.33 bits per heavy atom. The van der Waals surface area contributed by atoms with Gasteiger partial charge in [-0.1, -0.05) is 25.3 Å². The number of halogens is 2. The van der Waals surface area contributed by atoms with E-state index in [1.165, 1.54) is 32.1 Å². The smallest absolute Gasteiger partial charge is 0.220 e. The normalized spacial score (nSPS) is 16.9. The maximum absolute atomic E-state index is 11.6. The lowest BCUT2D eigenvalue weighted by molar-refractivity contribution is -0.122. The molecular weight excluding hydrogens is 271 g/mol. The van der Waals surface area contributed by atoms with Gasteiger partial charge in [0, 0.05) is 19.0 Å². The summed E-state index contributed by atoms with van der Waals surface area (Å²) in [4.78, 5) is 11.6. The number of allylic oxidation sites excluding steroid dienone is 1. The Morgan fingerprint density at radius 2 is 1.94 bits per heavy atom. The summed E-state index contributed by atoms with van der Waals surface area (Å²) in [7, 11) is 0. The molecule has 0 aromatic rings. The molecule has 1 rings (SSSR count). The molecule has 5 heteroatoms. The van der Waals surface area contributed by atoms with Crippen molar-refractivity contribution in [3.63, 3.8) is 0 Å². The average molecular weight is 297 g/mol. The lowest BCUT2D eigenvalue weighted by atomic mass is 9.84. The van der Waals surface area contributed by atoms with Crippen molar-refractivity contribution >= 4 is 30.7 Å². The van der Waals surface area contributed by atoms with Crippen molar-refractivity contribution in [1.82, 2.24) is 5.32 Å². The minimum Gasteiger partial charge on any atom is -0.352 e. The molecule has 3 nitrogen and oxygen atoms in total. The molecule has 1 amide bonds. The van der Waals surface area contributed by atoms with Gasteiger partial charge in [-0.15, -0.1) is 31.4 Å². The Balaban J connectivity index is 0. The summed E-state index contributed by atoms with van der Waals surface area (Å²) in [5.41, 5.74) is 5.75. The summed E-state index contributed by atoms with van der Waals surface area (Å²) in [5, 5.41) is 3.06. The first kappa shape index (κ1) is 20.1. The van der Waals surface area contributed by atoms with Crippen molar-refractivity contribution in [3.8, 4) is 0 Å². The standard InChI is InChI=1S/C13H24N2O.2ClH/c1-2-3-9-13(16)15-12(10-14)11-7-5-4-6-8-11;;/h2,11-12H,1,3-10,14H2,(H,15,16);2*1H. The van der Waals surface area contributed by atoms with Crippen LogP contribution < -0.4 is 11.1 Å². The van der Waals surface area contributed by atoms with Crippen LogP contribution in [0.2, 0.25) is 0 Å². The molecule has 0 aromatic carbocycles. The Labute approximate surface area is 123 Å². The van der Waals surface area contributed by atoms with Crippen LogP contribution in [0.15, 0.2) is 12.7 Å². The van der Waals surface area contributed by atoms with Gasteiger partial charge in [0.1, 0.15) is 0 Å². The minimum atomic E-state index is 0. The van der Waals surface area contributed by atoms with Gasteiger partial charge < -0.3 is 11.1 Å². The zero-order valence-electron chi connectivity index (χ0n) is 10.9. The highest BCUT2D eigenvalue weighted by atomic mass is 35.5. The van der Waals surface area contributed by atoms with Crippen LogP contribution in [0.1, 0.15) is 44.9 Å². The average Bonchev–Trinajstić information content (AvgIpc) is 2.34. The molecule has 0 aliphatic heterocycles. The van der Waals surface area contributed by atoms with Crippen LogP contribution in [0.4, 0.5) is 0 Å². The van der Waals surface area contributed by atoms with E-state index in [4.69, 9.17) is 5.73 Å². The molecule has 1 fully saturated rings. The van der Waals surface area contributed by atoms with Gasteiger partial charge in [-0.2, -0.15) is 0 Å². The molecule has 0 saturated heterocycles. The Bertz CT molecular complexity index is 231. The molecule has 1 aliphatic rings. The number of hydrogen-bond acceptors (Lipinski definition) is 2. The largest absolute Gasteiger partial charge is 0.352 e. The number of nitrogens with one attached hydrogen (secondary N) is 1. The maximum Gasteiger partial charge on any atom is 0.220 e. The molecular formula is C13H26Cl2N2O. The summed E-state index contributed by atoms with van der Waals surface area (Å²) in [6.45, 7) is 4.18. The van der Waals surface area contributed by atoms with Crippen LogP contribution in [-0.2, 0) is 4.79 Å². The minimum absolute atomic E-state index is 0. The van der Waals surface area contributed by atoms with E-state index < -0.39 is 0 Å². The van der Waals surface area contributed by atoms with E-state index in [0.29, 0.717) is 18.9 Å². The highest BCUT2D eigenvalue weighted by Gasteiger charge is 2.23. The second kappa shape index (κ2) is 11.8. The summed E-state index contributed by atoms with van der Waals surface area (Å²) in [6.07, 6.45) is 9.37. The number of carbonyl (C=O) groups is 1. The van der Waals surface area contributed by atoms with Crippen molar-refractivity contribution < 1.29 is 4.79 Å². The molecule has 1 unspecified atom stereocenters. The molecule has 0 spiro atoms. The Morgan fingerprint density at radius 3 is 2.44 bits per heavy atom. The van der Waals surface area contributed by atoms with Gasteiger partial charge in [-0.25, -0.2) is 0 Å². The van der Waals surface area contributed by atoms with Crippen LogP contribution in [0, 0.1) is 5.92 Å². The molecule has 0 radical (unpaired) electrons. The number of hydrogen-bond donors (Lipinski definition) is 2. The molecule has 1 aliphatic carbocycles. The topological polar surface area (TPSA) is 55.1 Å². The number of carbonyl (C=O) groups excluding carboxylic acids is 1. The third kappa shape index (κ3) is 7.24. The van der Waals surface area contributed by atoms with E-state index in [2.05, 4.69) is 11.9 Å². The van der Waals surface area contributed by atoms with Crippen LogP contribution in [0.3, 0.4) is 0 Å². The van der Waals surface area contributed by atoms with Gasteiger partial charge in [0.15, 0.2) is 0 Å². The zero-order valence-corrected chi connectivity index (χ0v) is 12.5. The van der Waals surface area contributed by atoms with Gasteiger partial charge in [0.05, 0.1) is 0 Å². The fraction of sp³-hybridized carbons (Fsp3) is 0.769. The zero-order chi connectivity index (χ0) is 11.8. The third-order valence-electron chi connectivity index (χ3n) is 3.39. The van der Waals surface area contributed by atoms with E-state index in [-0.39, 0.29) is 36.8 Å². The number of nitrogens with two attached hydrogens (primary N) is 1. The molecule has 3 N–H and O–H groups in total. The summed E-state index contributed by atoms with van der Waals surface area (Å²) in [6, 6.07) is 0.178. The monoisotopic (exact) mass is 296 g/mol. The Hall–Kier alpha value is -0.250. The lowest BCUT2D eigenvalue weighted by Gasteiger charge is -2.30. The van der Waals surface area contributed by atoms with E-state index in [1.807, 2.05) is 0 Å². The number of amides is 1. The molecule has 0 aromatic heterocycles. The highest BCUT2D eigenvalue weighted by molar-refractivity contribution is 5.85. The summed E-state index contributed by atoms with van der Waals surface area (Å²) in [5.74, 6) is 0.701. The van der Waals surface area contributed by atoms with Crippen LogP contribution in [0.5, 0.6) is 0 Å². The van der Waals surface area contributed by atoms with Crippen molar-refractivity contribution in [3.05, 3.63) is 12.7 Å². The van der Waals surface area contributed by atoms with E-state index >= 15 is 0 Å². The van der Waals surface area contributed by atoms with Gasteiger partial charge in [0.2, 0.25) is 5.91 Å². The highest BCUT2D eigenvalue weighted by Crippen LogP contribution is 2.26. The molecule has 0 bridgehead atoms. The fourth-order valence-electron chi connectivity index (χ4n) is 2.42. The first-order valence-electron chi connectivity index (χ1n) is 6.38. The lowest BCUT2D eigenvalue weighted by Crippen LogP contribution is -2.45. The van der Waals surface area contributed by atoms with Crippen molar-refractivity contribution in [2.75, 3.05) is 6.54 Å². The van der Waals surface area contributed by atoms with E-state index in [0.717, 1.165) is 6.42 Å². The van der Waals surface area contributed by atoms with Crippen molar-refractivity contribution in [2.45, 2.75) is 51.0 Å². The van der Waals surface area contributed by atoms with E-state index in [9.17, 15) is 4.79 Å². The van der Waals surface area contributed by atoms with Crippen LogP contribution >= 0.6 is 24.8 Å². The second-order valence-corrected chi connectivity index (χ2v) is 4.64. The van der Waals surface area contributed by atoms with Crippen LogP contribution in [-0.4, -0.2) is 18.5 Å². The van der Waals surface area contributed by atoms with Gasteiger partial charge >= 0.3 is 0 Å². The van der Waals surface area contributed by atoms with Crippen LogP contribution in [0.25, 0.3) is 0 Å². The van der Waals surface area contributed by atoms with Gasteiger partial charge in [-0.3, -0.25) is 4.79 Å². The van der Waals surface area contributed by atoms with E-state index in [1.54, 1.807) is 6.08 Å². The first-order valence-corrected chi connectivity index (χ1v) is 6.38. The number of rotatable bonds is 6. The Kier molecular flexibility index (Phi) is 13.2. The quantitative estimate of drug-likeness (QED) is 0.741. The predicted molar refractivity (Wildman–Crippen MR) is 81.5 cm³/mol. The molecule has 18 heavy (non-hydrogen) atoms.